The van der Waals surface area contributed by atoms with Gasteiger partial charge in [0.2, 0.25) is 0 Å². The van der Waals surface area contributed by atoms with E-state index < -0.39 is 0 Å². The lowest BCUT2D eigenvalue weighted by Crippen LogP contribution is -2.45. The number of aliphatic imine (C=N–C) groups is 1. The van der Waals surface area contributed by atoms with Gasteiger partial charge in [-0.25, -0.2) is 0 Å². The van der Waals surface area contributed by atoms with Crippen LogP contribution in [0.4, 0.5) is 0 Å². The van der Waals surface area contributed by atoms with E-state index >= 15 is 0 Å². The van der Waals surface area contributed by atoms with Crippen molar-refractivity contribution in [1.82, 2.24) is 25.4 Å². The summed E-state index contributed by atoms with van der Waals surface area (Å²) in [5.41, 5.74) is -0.0798. The lowest BCUT2D eigenvalue weighted by molar-refractivity contribution is 0.0243. The number of hydrogen-bond donors (Lipinski definition) is 2. The van der Waals surface area contributed by atoms with Gasteiger partial charge in [0.15, 0.2) is 11.8 Å². The highest BCUT2D eigenvalue weighted by Gasteiger charge is 2.29. The first-order valence-corrected chi connectivity index (χ1v) is 8.70. The smallest absolute Gasteiger partial charge is 0.191 e. The molecule has 0 aliphatic carbocycles. The third kappa shape index (κ3) is 4.02. The zero-order valence-electron chi connectivity index (χ0n) is 14.3. The summed E-state index contributed by atoms with van der Waals surface area (Å²) in [6, 6.07) is 0. The monoisotopic (exact) mass is 320 g/mol. The number of aryl methyl sites for hydroxylation is 1. The van der Waals surface area contributed by atoms with Crippen LogP contribution in [-0.4, -0.2) is 46.5 Å². The molecule has 0 saturated carbocycles. The summed E-state index contributed by atoms with van der Waals surface area (Å²) in [6.07, 6.45) is 6.96. The minimum Gasteiger partial charge on any atom is -0.373 e. The molecule has 0 bridgehead atoms. The average molecular weight is 320 g/mol. The van der Waals surface area contributed by atoms with Crippen molar-refractivity contribution in [3.05, 3.63) is 11.6 Å². The van der Waals surface area contributed by atoms with E-state index in [0.717, 1.165) is 56.6 Å². The van der Waals surface area contributed by atoms with E-state index in [0.29, 0.717) is 6.54 Å². The van der Waals surface area contributed by atoms with Gasteiger partial charge in [0.25, 0.3) is 0 Å². The maximum absolute atomic E-state index is 5.80. The fraction of sp³-hybridized carbons (Fsp3) is 0.812. The van der Waals surface area contributed by atoms with Crippen molar-refractivity contribution in [2.75, 3.05) is 20.2 Å². The summed E-state index contributed by atoms with van der Waals surface area (Å²) in [5, 5.41) is 15.4. The SMILES string of the molecule is CN=C(NCc1nnc2n1CCCCC2)NCC1(C)CCCO1. The molecule has 128 valence electrons. The maximum atomic E-state index is 5.80. The van der Waals surface area contributed by atoms with E-state index in [4.69, 9.17) is 4.74 Å². The van der Waals surface area contributed by atoms with Gasteiger partial charge >= 0.3 is 0 Å². The summed E-state index contributed by atoms with van der Waals surface area (Å²) >= 11 is 0. The molecule has 2 N–H and O–H groups in total. The van der Waals surface area contributed by atoms with Gasteiger partial charge in [0.1, 0.15) is 5.82 Å². The maximum Gasteiger partial charge on any atom is 0.191 e. The van der Waals surface area contributed by atoms with Gasteiger partial charge in [-0.2, -0.15) is 0 Å². The molecule has 0 amide bonds. The quantitative estimate of drug-likeness (QED) is 0.645. The molecular formula is C16H28N6O. The summed E-state index contributed by atoms with van der Waals surface area (Å²) in [4.78, 5) is 4.29. The molecule has 7 nitrogen and oxygen atoms in total. The molecule has 3 rings (SSSR count). The van der Waals surface area contributed by atoms with Gasteiger partial charge in [-0.15, -0.1) is 10.2 Å². The van der Waals surface area contributed by atoms with E-state index in [1.54, 1.807) is 7.05 Å². The first-order valence-electron chi connectivity index (χ1n) is 8.70. The van der Waals surface area contributed by atoms with Gasteiger partial charge in [0.05, 0.1) is 12.1 Å². The lowest BCUT2D eigenvalue weighted by atomic mass is 10.0. The van der Waals surface area contributed by atoms with Crippen LogP contribution in [0, 0.1) is 0 Å². The molecule has 1 fully saturated rings. The molecule has 1 saturated heterocycles. The molecule has 1 atom stereocenters. The van der Waals surface area contributed by atoms with Crippen LogP contribution in [0.2, 0.25) is 0 Å². The zero-order valence-corrected chi connectivity index (χ0v) is 14.3. The number of ether oxygens (including phenoxy) is 1. The Morgan fingerprint density at radius 2 is 2.17 bits per heavy atom. The second kappa shape index (κ2) is 7.29. The molecule has 23 heavy (non-hydrogen) atoms. The number of nitrogens with zero attached hydrogens (tertiary/aromatic N) is 4. The van der Waals surface area contributed by atoms with Gasteiger partial charge in [-0.1, -0.05) is 6.42 Å². The molecule has 2 aliphatic rings. The second-order valence-corrected chi connectivity index (χ2v) is 6.68. The molecular weight excluding hydrogens is 292 g/mol. The van der Waals surface area contributed by atoms with Crippen LogP contribution in [-0.2, 0) is 24.2 Å². The van der Waals surface area contributed by atoms with Crippen LogP contribution >= 0.6 is 0 Å². The van der Waals surface area contributed by atoms with Crippen LogP contribution in [0.3, 0.4) is 0 Å². The summed E-state index contributed by atoms with van der Waals surface area (Å²) in [6.45, 7) is 5.45. The summed E-state index contributed by atoms with van der Waals surface area (Å²) in [7, 11) is 1.79. The molecule has 3 heterocycles. The van der Waals surface area contributed by atoms with E-state index in [1.165, 1.54) is 19.3 Å². The fourth-order valence-electron chi connectivity index (χ4n) is 3.31. The van der Waals surface area contributed by atoms with E-state index in [2.05, 4.69) is 37.3 Å². The van der Waals surface area contributed by atoms with Crippen LogP contribution in [0.15, 0.2) is 4.99 Å². The van der Waals surface area contributed by atoms with E-state index in [-0.39, 0.29) is 5.60 Å². The Hall–Kier alpha value is -1.63. The van der Waals surface area contributed by atoms with E-state index in [1.807, 2.05) is 0 Å². The average Bonchev–Trinajstić information content (AvgIpc) is 3.08. The molecule has 0 spiro atoms. The van der Waals surface area contributed by atoms with Gasteiger partial charge in [0, 0.05) is 33.2 Å². The van der Waals surface area contributed by atoms with Crippen molar-refractivity contribution in [2.45, 2.75) is 64.1 Å². The number of guanidine groups is 1. The van der Waals surface area contributed by atoms with E-state index in [9.17, 15) is 0 Å². The predicted octanol–water partition coefficient (Wildman–Crippen LogP) is 1.24. The largest absolute Gasteiger partial charge is 0.373 e. The standard InChI is InChI=1S/C16H28N6O/c1-16(8-6-10-23-16)12-19-15(17-2)18-11-14-21-20-13-7-4-3-5-9-22(13)14/h3-12H2,1-2H3,(H2,17,18,19). The topological polar surface area (TPSA) is 76.4 Å². The Kier molecular flexibility index (Phi) is 5.15. The summed E-state index contributed by atoms with van der Waals surface area (Å²) < 4.78 is 8.06. The number of fused-ring (bicyclic) bond motifs is 1. The summed E-state index contributed by atoms with van der Waals surface area (Å²) in [5.74, 6) is 2.90. The van der Waals surface area contributed by atoms with Crippen molar-refractivity contribution in [3.63, 3.8) is 0 Å². The van der Waals surface area contributed by atoms with Gasteiger partial charge in [-0.05, 0) is 32.6 Å². The molecule has 1 aromatic heterocycles. The second-order valence-electron chi connectivity index (χ2n) is 6.68. The Morgan fingerprint density at radius 3 is 2.96 bits per heavy atom. The van der Waals surface area contributed by atoms with Gasteiger partial charge in [-0.3, -0.25) is 4.99 Å². The van der Waals surface area contributed by atoms with Crippen molar-refractivity contribution < 1.29 is 4.74 Å². The number of aromatic nitrogens is 3. The minimum absolute atomic E-state index is 0.0798. The minimum atomic E-state index is -0.0798. The first kappa shape index (κ1) is 16.2. The third-order valence-electron chi connectivity index (χ3n) is 4.75. The molecule has 1 aromatic rings. The zero-order chi connectivity index (χ0) is 16.1. The Bertz CT molecular complexity index is 547. The highest BCUT2D eigenvalue weighted by atomic mass is 16.5. The Labute approximate surface area is 137 Å². The van der Waals surface area contributed by atoms with Crippen molar-refractivity contribution in [2.24, 2.45) is 4.99 Å². The number of rotatable bonds is 4. The highest BCUT2D eigenvalue weighted by molar-refractivity contribution is 5.79. The molecule has 1 unspecified atom stereocenters. The number of nitrogens with one attached hydrogen (secondary N) is 2. The van der Waals surface area contributed by atoms with Crippen LogP contribution in [0.25, 0.3) is 0 Å². The van der Waals surface area contributed by atoms with Crippen molar-refractivity contribution in [3.8, 4) is 0 Å². The van der Waals surface area contributed by atoms with Crippen LogP contribution in [0.5, 0.6) is 0 Å². The predicted molar refractivity (Wildman–Crippen MR) is 89.4 cm³/mol. The molecule has 7 heteroatoms. The fourth-order valence-corrected chi connectivity index (χ4v) is 3.31. The molecule has 0 aromatic carbocycles. The number of hydrogen-bond acceptors (Lipinski definition) is 4. The molecule has 0 radical (unpaired) electrons. The van der Waals surface area contributed by atoms with Crippen molar-refractivity contribution >= 4 is 5.96 Å². The van der Waals surface area contributed by atoms with Crippen LogP contribution in [0.1, 0.15) is 50.7 Å². The van der Waals surface area contributed by atoms with Gasteiger partial charge < -0.3 is 19.9 Å². The Morgan fingerprint density at radius 1 is 1.26 bits per heavy atom. The highest BCUT2D eigenvalue weighted by Crippen LogP contribution is 2.23. The first-order chi connectivity index (χ1) is 11.2. The van der Waals surface area contributed by atoms with Crippen molar-refractivity contribution in [1.29, 1.82) is 0 Å². The normalized spacial score (nSPS) is 25.0. The molecule has 2 aliphatic heterocycles. The Balaban J connectivity index is 1.53. The lowest BCUT2D eigenvalue weighted by Gasteiger charge is -2.24. The third-order valence-corrected chi connectivity index (χ3v) is 4.75. The van der Waals surface area contributed by atoms with Crippen LogP contribution < -0.4 is 10.6 Å².